The van der Waals surface area contributed by atoms with Crippen LogP contribution in [0.3, 0.4) is 0 Å². The largest absolute Gasteiger partial charge is 0.480 e. The third-order valence-corrected chi connectivity index (χ3v) is 3.37. The average molecular weight is 262 g/mol. The highest BCUT2D eigenvalue weighted by Gasteiger charge is 2.37. The van der Waals surface area contributed by atoms with Crippen molar-refractivity contribution in [2.24, 2.45) is 5.73 Å². The van der Waals surface area contributed by atoms with Crippen molar-refractivity contribution in [3.8, 4) is 0 Å². The van der Waals surface area contributed by atoms with E-state index in [2.05, 4.69) is 0 Å². The second kappa shape index (κ2) is 5.84. The molecular weight excluding hydrogens is 244 g/mol. The zero-order valence-corrected chi connectivity index (χ0v) is 10.7. The van der Waals surface area contributed by atoms with Crippen molar-refractivity contribution in [3.05, 3.63) is 29.8 Å². The number of anilines is 1. The summed E-state index contributed by atoms with van der Waals surface area (Å²) in [6.45, 7) is 0.548. The Hall–Kier alpha value is -1.88. The molecule has 0 fully saturated rings. The molecule has 5 nitrogen and oxygen atoms in total. The van der Waals surface area contributed by atoms with E-state index in [1.807, 2.05) is 18.2 Å². The summed E-state index contributed by atoms with van der Waals surface area (Å²) in [5.41, 5.74) is 7.05. The van der Waals surface area contributed by atoms with E-state index in [-0.39, 0.29) is 5.91 Å². The van der Waals surface area contributed by atoms with Gasteiger partial charge >= 0.3 is 5.97 Å². The number of benzene rings is 1. The number of unbranched alkanes of at least 4 members (excludes halogenated alkanes) is 1. The maximum atomic E-state index is 12.2. The average Bonchev–Trinajstić information content (AvgIpc) is 2.78. The molecule has 1 aliphatic rings. The second-order valence-corrected chi connectivity index (χ2v) is 4.70. The van der Waals surface area contributed by atoms with Gasteiger partial charge in [0, 0.05) is 18.5 Å². The Labute approximate surface area is 112 Å². The summed E-state index contributed by atoms with van der Waals surface area (Å²) in [6.07, 6.45) is 2.20. The second-order valence-electron chi connectivity index (χ2n) is 4.70. The maximum absolute atomic E-state index is 12.2. The number of amides is 1. The molecule has 0 radical (unpaired) electrons. The summed E-state index contributed by atoms with van der Waals surface area (Å²) in [5.74, 6) is -1.09. The molecule has 1 heterocycles. The van der Waals surface area contributed by atoms with Gasteiger partial charge in [-0.3, -0.25) is 9.69 Å². The Morgan fingerprint density at radius 3 is 2.74 bits per heavy atom. The Morgan fingerprint density at radius 1 is 1.32 bits per heavy atom. The highest BCUT2D eigenvalue weighted by molar-refractivity contribution is 6.01. The van der Waals surface area contributed by atoms with Gasteiger partial charge in [-0.25, -0.2) is 4.79 Å². The predicted molar refractivity (Wildman–Crippen MR) is 72.0 cm³/mol. The topological polar surface area (TPSA) is 83.6 Å². The van der Waals surface area contributed by atoms with Crippen LogP contribution in [0.4, 0.5) is 5.69 Å². The molecule has 1 aromatic rings. The monoisotopic (exact) mass is 262 g/mol. The minimum atomic E-state index is -0.955. The minimum absolute atomic E-state index is 0.134. The van der Waals surface area contributed by atoms with Crippen LogP contribution in [0, 0.1) is 0 Å². The highest BCUT2D eigenvalue weighted by atomic mass is 16.4. The Bertz CT molecular complexity index is 487. The number of hydrogen-bond acceptors (Lipinski definition) is 3. The van der Waals surface area contributed by atoms with Crippen LogP contribution in [0.5, 0.6) is 0 Å². The fourth-order valence-electron chi connectivity index (χ4n) is 2.43. The quantitative estimate of drug-likeness (QED) is 0.780. The van der Waals surface area contributed by atoms with Gasteiger partial charge in [0.2, 0.25) is 5.91 Å². The maximum Gasteiger partial charge on any atom is 0.327 e. The van der Waals surface area contributed by atoms with Gasteiger partial charge in [-0.15, -0.1) is 0 Å². The van der Waals surface area contributed by atoms with Gasteiger partial charge in [-0.1, -0.05) is 18.2 Å². The first kappa shape index (κ1) is 13.5. The number of carbonyl (C=O) groups is 2. The van der Waals surface area contributed by atoms with E-state index >= 15 is 0 Å². The summed E-state index contributed by atoms with van der Waals surface area (Å²) in [5, 5.41) is 9.26. The minimum Gasteiger partial charge on any atom is -0.480 e. The van der Waals surface area contributed by atoms with Crippen LogP contribution in [0.15, 0.2) is 24.3 Å². The van der Waals surface area contributed by atoms with Crippen molar-refractivity contribution in [2.75, 3.05) is 11.4 Å². The van der Waals surface area contributed by atoms with Crippen LogP contribution in [0.2, 0.25) is 0 Å². The lowest BCUT2D eigenvalue weighted by atomic mass is 10.1. The van der Waals surface area contributed by atoms with Crippen LogP contribution in [0.25, 0.3) is 0 Å². The van der Waals surface area contributed by atoms with E-state index < -0.39 is 12.0 Å². The fourth-order valence-corrected chi connectivity index (χ4v) is 2.43. The smallest absolute Gasteiger partial charge is 0.327 e. The lowest BCUT2D eigenvalue weighted by Gasteiger charge is -2.22. The van der Waals surface area contributed by atoms with Crippen molar-refractivity contribution in [2.45, 2.75) is 31.7 Å². The number of nitrogens with two attached hydrogens (primary N) is 1. The Kier molecular flexibility index (Phi) is 4.16. The molecule has 102 valence electrons. The molecule has 0 saturated heterocycles. The number of aliphatic carboxylic acids is 1. The molecule has 19 heavy (non-hydrogen) atoms. The number of para-hydroxylation sites is 1. The van der Waals surface area contributed by atoms with Gasteiger partial charge in [0.05, 0.1) is 0 Å². The van der Waals surface area contributed by atoms with Crippen LogP contribution in [-0.4, -0.2) is 29.6 Å². The number of hydrogen-bond donors (Lipinski definition) is 2. The zero-order chi connectivity index (χ0) is 13.8. The summed E-state index contributed by atoms with van der Waals surface area (Å²) >= 11 is 0. The van der Waals surface area contributed by atoms with Gasteiger partial charge in [0.25, 0.3) is 0 Å². The van der Waals surface area contributed by atoms with E-state index in [4.69, 9.17) is 5.73 Å². The van der Waals surface area contributed by atoms with E-state index in [1.165, 1.54) is 4.90 Å². The summed E-state index contributed by atoms with van der Waals surface area (Å²) in [7, 11) is 0. The van der Waals surface area contributed by atoms with E-state index in [9.17, 15) is 14.7 Å². The van der Waals surface area contributed by atoms with E-state index in [1.54, 1.807) is 6.07 Å². The summed E-state index contributed by atoms with van der Waals surface area (Å²) < 4.78 is 0. The van der Waals surface area contributed by atoms with Crippen molar-refractivity contribution in [3.63, 3.8) is 0 Å². The first-order valence-electron chi connectivity index (χ1n) is 6.48. The lowest BCUT2D eigenvalue weighted by Crippen LogP contribution is -2.42. The molecule has 0 bridgehead atoms. The van der Waals surface area contributed by atoms with Gasteiger partial charge in [0.15, 0.2) is 0 Å². The number of rotatable bonds is 5. The molecule has 1 atom stereocenters. The first-order chi connectivity index (χ1) is 9.15. The molecule has 0 spiro atoms. The molecule has 0 saturated carbocycles. The van der Waals surface area contributed by atoms with Gasteiger partial charge < -0.3 is 10.8 Å². The normalized spacial score (nSPS) is 17.3. The molecule has 1 aliphatic heterocycles. The molecule has 1 aromatic carbocycles. The molecule has 1 amide bonds. The van der Waals surface area contributed by atoms with Gasteiger partial charge in [0.1, 0.15) is 6.04 Å². The van der Waals surface area contributed by atoms with E-state index in [0.29, 0.717) is 25.8 Å². The third-order valence-electron chi connectivity index (χ3n) is 3.37. The van der Waals surface area contributed by atoms with Crippen molar-refractivity contribution in [1.82, 2.24) is 0 Å². The number of nitrogens with zero attached hydrogens (tertiary/aromatic N) is 1. The van der Waals surface area contributed by atoms with Crippen LogP contribution >= 0.6 is 0 Å². The lowest BCUT2D eigenvalue weighted by molar-refractivity contribution is -0.139. The summed E-state index contributed by atoms with van der Waals surface area (Å²) in [6, 6.07) is 6.59. The number of carboxylic acid groups (broad SMARTS) is 1. The summed E-state index contributed by atoms with van der Waals surface area (Å²) in [4.78, 5) is 24.9. The Morgan fingerprint density at radius 2 is 2.05 bits per heavy atom. The Balaban J connectivity index is 2.19. The first-order valence-corrected chi connectivity index (χ1v) is 6.48. The standard InChI is InChI=1S/C14H18N2O3/c15-8-4-3-7-13(17)16-11-6-2-1-5-10(11)9-12(16)14(18)19/h1-2,5-6,12H,3-4,7-9,15H2,(H,18,19). The van der Waals surface area contributed by atoms with Crippen LogP contribution in [-0.2, 0) is 16.0 Å². The zero-order valence-electron chi connectivity index (χ0n) is 10.7. The van der Waals surface area contributed by atoms with Crippen molar-refractivity contribution >= 4 is 17.6 Å². The van der Waals surface area contributed by atoms with E-state index in [0.717, 1.165) is 17.7 Å². The number of carbonyl (C=O) groups excluding carboxylic acids is 1. The van der Waals surface area contributed by atoms with Gasteiger partial charge in [-0.05, 0) is 31.0 Å². The van der Waals surface area contributed by atoms with Crippen molar-refractivity contribution < 1.29 is 14.7 Å². The number of fused-ring (bicyclic) bond motifs is 1. The van der Waals surface area contributed by atoms with Crippen molar-refractivity contribution in [1.29, 1.82) is 0 Å². The van der Waals surface area contributed by atoms with Crippen LogP contribution < -0.4 is 10.6 Å². The molecule has 0 aliphatic carbocycles. The fraction of sp³-hybridized carbons (Fsp3) is 0.429. The molecule has 5 heteroatoms. The number of carboxylic acids is 1. The molecule has 2 rings (SSSR count). The molecule has 3 N–H and O–H groups in total. The highest BCUT2D eigenvalue weighted by Crippen LogP contribution is 2.32. The molecule has 1 unspecified atom stereocenters. The third kappa shape index (κ3) is 2.76. The predicted octanol–water partition coefficient (Wildman–Crippen LogP) is 1.16. The molecular formula is C14H18N2O3. The van der Waals surface area contributed by atoms with Crippen LogP contribution in [0.1, 0.15) is 24.8 Å². The SMILES string of the molecule is NCCCCC(=O)N1c2ccccc2CC1C(=O)O. The van der Waals surface area contributed by atoms with Gasteiger partial charge in [-0.2, -0.15) is 0 Å². The molecule has 0 aromatic heterocycles.